The fourth-order valence-electron chi connectivity index (χ4n) is 3.42. The Bertz CT molecular complexity index is 1560. The van der Waals surface area contributed by atoms with E-state index in [9.17, 15) is 13.2 Å². The van der Waals surface area contributed by atoms with Crippen LogP contribution in [0.3, 0.4) is 0 Å². The third-order valence-electron chi connectivity index (χ3n) is 4.95. The maximum atomic E-state index is 12.5. The molecule has 0 saturated heterocycles. The number of fused-ring (bicyclic) bond motifs is 3. The quantitative estimate of drug-likeness (QED) is 0.266. The molecule has 3 N–H and O–H groups in total. The molecule has 2 heterocycles. The summed E-state index contributed by atoms with van der Waals surface area (Å²) in [5, 5.41) is 12.2. The molecule has 190 valence electrons. The number of sulfonamides is 1. The molecule has 0 fully saturated rings. The zero-order chi connectivity index (χ0) is 26.0. The van der Waals surface area contributed by atoms with Crippen LogP contribution in [0, 0.1) is 0 Å². The predicted molar refractivity (Wildman–Crippen MR) is 139 cm³/mol. The van der Waals surface area contributed by atoms with E-state index in [1.54, 1.807) is 32.0 Å². The van der Waals surface area contributed by atoms with E-state index < -0.39 is 10.0 Å². The first-order valence-corrected chi connectivity index (χ1v) is 13.5. The first-order valence-electron chi connectivity index (χ1n) is 10.6. The van der Waals surface area contributed by atoms with Gasteiger partial charge in [0.1, 0.15) is 17.0 Å². The maximum Gasteiger partial charge on any atom is 0.240 e. The van der Waals surface area contributed by atoms with Gasteiger partial charge in [-0.15, -0.1) is 10.2 Å². The highest BCUT2D eigenvalue weighted by atomic mass is 35.5. The van der Waals surface area contributed by atoms with E-state index in [1.165, 1.54) is 26.4 Å². The molecular formula is C22H23ClN6O5S2. The first kappa shape index (κ1) is 25.9. The van der Waals surface area contributed by atoms with Gasteiger partial charge in [0.05, 0.1) is 35.6 Å². The summed E-state index contributed by atoms with van der Waals surface area (Å²) in [5.74, 6) is 0.501. The number of aromatic nitrogens is 4. The molecule has 0 spiro atoms. The molecule has 4 rings (SSSR count). The van der Waals surface area contributed by atoms with E-state index >= 15 is 0 Å². The number of H-pyrrole nitrogens is 1. The second-order valence-electron chi connectivity index (χ2n) is 7.92. The first-order chi connectivity index (χ1) is 17.1. The highest BCUT2D eigenvalue weighted by Gasteiger charge is 2.19. The number of ether oxygens (including phenoxy) is 2. The number of amides is 1. The summed E-state index contributed by atoms with van der Waals surface area (Å²) >= 11 is 7.25. The molecule has 1 amide bonds. The molecule has 0 aliphatic carbocycles. The molecular weight excluding hydrogens is 528 g/mol. The minimum absolute atomic E-state index is 0.00345. The summed E-state index contributed by atoms with van der Waals surface area (Å²) in [4.78, 5) is 20.2. The van der Waals surface area contributed by atoms with Crippen molar-refractivity contribution >= 4 is 67.0 Å². The van der Waals surface area contributed by atoms with Crippen LogP contribution in [0.2, 0.25) is 5.02 Å². The average molecular weight is 551 g/mol. The van der Waals surface area contributed by atoms with E-state index in [2.05, 4.69) is 30.2 Å². The molecule has 14 heteroatoms. The Morgan fingerprint density at radius 3 is 2.58 bits per heavy atom. The highest BCUT2D eigenvalue weighted by molar-refractivity contribution is 7.99. The van der Waals surface area contributed by atoms with E-state index in [0.717, 1.165) is 11.8 Å². The van der Waals surface area contributed by atoms with Gasteiger partial charge in [0, 0.05) is 23.0 Å². The van der Waals surface area contributed by atoms with Crippen LogP contribution in [0.4, 0.5) is 5.69 Å². The minimum Gasteiger partial charge on any atom is -0.495 e. The van der Waals surface area contributed by atoms with Gasteiger partial charge < -0.3 is 19.8 Å². The Hall–Kier alpha value is -3.13. The minimum atomic E-state index is -3.67. The predicted octanol–water partition coefficient (Wildman–Crippen LogP) is 3.59. The summed E-state index contributed by atoms with van der Waals surface area (Å²) in [6, 6.07) is 7.58. The fraction of sp³-hybridized carbons (Fsp3) is 0.273. The van der Waals surface area contributed by atoms with Crippen LogP contribution >= 0.6 is 23.4 Å². The molecule has 36 heavy (non-hydrogen) atoms. The van der Waals surface area contributed by atoms with E-state index in [0.29, 0.717) is 44.3 Å². The largest absolute Gasteiger partial charge is 0.495 e. The van der Waals surface area contributed by atoms with E-state index in [1.807, 2.05) is 0 Å². The second kappa shape index (κ2) is 10.5. The van der Waals surface area contributed by atoms with E-state index in [-0.39, 0.29) is 27.8 Å². The summed E-state index contributed by atoms with van der Waals surface area (Å²) in [6.07, 6.45) is 0. The molecule has 11 nitrogen and oxygen atoms in total. The number of thioether (sulfide) groups is 1. The normalized spacial score (nSPS) is 11.8. The van der Waals surface area contributed by atoms with E-state index in [4.69, 9.17) is 21.1 Å². The van der Waals surface area contributed by atoms with Gasteiger partial charge in [-0.05, 0) is 38.1 Å². The van der Waals surface area contributed by atoms with Crippen molar-refractivity contribution in [2.45, 2.75) is 29.9 Å². The van der Waals surface area contributed by atoms with Crippen molar-refractivity contribution in [3.63, 3.8) is 0 Å². The summed E-state index contributed by atoms with van der Waals surface area (Å²) in [5.41, 5.74) is 1.92. The lowest BCUT2D eigenvalue weighted by Crippen LogP contribution is -2.30. The molecule has 2 aromatic carbocycles. The number of carbonyl (C=O) groups excluding carboxylic acids is 1. The molecule has 4 aromatic rings. The molecule has 0 radical (unpaired) electrons. The monoisotopic (exact) mass is 550 g/mol. The lowest BCUT2D eigenvalue weighted by atomic mass is 10.2. The van der Waals surface area contributed by atoms with Crippen molar-refractivity contribution in [3.05, 3.63) is 35.4 Å². The van der Waals surface area contributed by atoms with Crippen LogP contribution in [0.25, 0.3) is 22.1 Å². The lowest BCUT2D eigenvalue weighted by molar-refractivity contribution is -0.113. The third kappa shape index (κ3) is 5.48. The number of carbonyl (C=O) groups is 1. The van der Waals surface area contributed by atoms with Crippen molar-refractivity contribution in [3.8, 4) is 11.5 Å². The van der Waals surface area contributed by atoms with Crippen LogP contribution in [-0.4, -0.2) is 60.5 Å². The van der Waals surface area contributed by atoms with Crippen molar-refractivity contribution in [2.75, 3.05) is 25.3 Å². The maximum absolute atomic E-state index is 12.5. The van der Waals surface area contributed by atoms with Gasteiger partial charge >= 0.3 is 0 Å². The Morgan fingerprint density at radius 2 is 1.89 bits per heavy atom. The van der Waals surface area contributed by atoms with Crippen molar-refractivity contribution < 1.29 is 22.7 Å². The topological polar surface area (TPSA) is 148 Å². The van der Waals surface area contributed by atoms with Crippen molar-refractivity contribution in [1.82, 2.24) is 24.9 Å². The van der Waals surface area contributed by atoms with Gasteiger partial charge in [-0.2, -0.15) is 0 Å². The van der Waals surface area contributed by atoms with Gasteiger partial charge in [0.15, 0.2) is 5.65 Å². The number of anilines is 1. The highest BCUT2D eigenvalue weighted by Crippen LogP contribution is 2.36. The number of aromatic amines is 1. The third-order valence-corrected chi connectivity index (χ3v) is 7.74. The number of methoxy groups -OCH3 is 2. The zero-order valence-electron chi connectivity index (χ0n) is 19.7. The van der Waals surface area contributed by atoms with Crippen LogP contribution < -0.4 is 19.5 Å². The van der Waals surface area contributed by atoms with Crippen LogP contribution in [0.15, 0.2) is 40.4 Å². The number of nitrogens with zero attached hydrogens (tertiary/aromatic N) is 3. The number of hydrogen-bond donors (Lipinski definition) is 3. The molecule has 0 unspecified atom stereocenters. The van der Waals surface area contributed by atoms with Gasteiger partial charge in [0.25, 0.3) is 0 Å². The SMILES string of the molecule is COc1cc(OC)c(NC(=O)CSc2nnc3c(n2)[nH]c2ccc(S(=O)(=O)NC(C)C)cc23)cc1Cl. The Labute approximate surface area is 216 Å². The average Bonchev–Trinajstić information content (AvgIpc) is 3.19. The zero-order valence-corrected chi connectivity index (χ0v) is 22.1. The molecule has 0 bridgehead atoms. The Balaban J connectivity index is 1.51. The summed E-state index contributed by atoms with van der Waals surface area (Å²) in [7, 11) is -0.709. The van der Waals surface area contributed by atoms with Crippen LogP contribution in [0.1, 0.15) is 13.8 Å². The number of benzene rings is 2. The molecule has 0 saturated carbocycles. The molecule has 2 aromatic heterocycles. The van der Waals surface area contributed by atoms with Gasteiger partial charge in [-0.1, -0.05) is 23.4 Å². The number of nitrogens with one attached hydrogen (secondary N) is 3. The van der Waals surface area contributed by atoms with Crippen LogP contribution in [0.5, 0.6) is 11.5 Å². The Kier molecular flexibility index (Phi) is 7.54. The fourth-order valence-corrected chi connectivity index (χ4v) is 5.52. The molecule has 0 atom stereocenters. The second-order valence-corrected chi connectivity index (χ2v) is 11.0. The van der Waals surface area contributed by atoms with Crippen molar-refractivity contribution in [1.29, 1.82) is 0 Å². The number of rotatable bonds is 9. The van der Waals surface area contributed by atoms with Crippen molar-refractivity contribution in [2.24, 2.45) is 0 Å². The van der Waals surface area contributed by atoms with Gasteiger partial charge in [-0.25, -0.2) is 18.1 Å². The summed E-state index contributed by atoms with van der Waals surface area (Å²) in [6.45, 7) is 3.50. The van der Waals surface area contributed by atoms with Gasteiger partial charge in [-0.3, -0.25) is 4.79 Å². The van der Waals surface area contributed by atoms with Gasteiger partial charge in [0.2, 0.25) is 21.1 Å². The number of hydrogen-bond acceptors (Lipinski definition) is 9. The lowest BCUT2D eigenvalue weighted by Gasteiger charge is -2.12. The smallest absolute Gasteiger partial charge is 0.240 e. The molecule has 0 aliphatic heterocycles. The standard InChI is InChI=1S/C22H23ClN6O5S2/c1-11(2)29-36(31,32)12-5-6-15-13(7-12)20-21(25-15)26-22(28-27-20)35-10-19(30)24-16-8-14(23)17(33-3)9-18(16)34-4/h5-9,11,29H,10H2,1-4H3,(H,24,30)(H,25,26,28). The number of halogens is 1. The van der Waals surface area contributed by atoms with Crippen LogP contribution in [-0.2, 0) is 14.8 Å². The molecule has 0 aliphatic rings. The Morgan fingerprint density at radius 1 is 1.14 bits per heavy atom. The summed E-state index contributed by atoms with van der Waals surface area (Å²) < 4.78 is 38.1.